The number of nitrogens with zero attached hydrogens (tertiary/aromatic N) is 3. The summed E-state index contributed by atoms with van der Waals surface area (Å²) in [4.78, 5) is 35.2. The molecule has 11 nitrogen and oxygen atoms in total. The number of hydrogen-bond acceptors (Lipinski definition) is 9. The van der Waals surface area contributed by atoms with Crippen molar-refractivity contribution in [2.45, 2.75) is 33.1 Å². The molecule has 2 aromatic rings. The summed E-state index contributed by atoms with van der Waals surface area (Å²) in [5, 5.41) is 20.9. The zero-order valence-electron chi connectivity index (χ0n) is 17.9. The maximum absolute atomic E-state index is 12.0. The lowest BCUT2D eigenvalue weighted by atomic mass is 10.0. The molecule has 2 rings (SSSR count). The second-order valence-electron chi connectivity index (χ2n) is 6.53. The van der Waals surface area contributed by atoms with Crippen molar-refractivity contribution in [1.29, 1.82) is 5.26 Å². The lowest BCUT2D eigenvalue weighted by Crippen LogP contribution is -2.36. The van der Waals surface area contributed by atoms with Crippen molar-refractivity contribution in [3.63, 3.8) is 0 Å². The summed E-state index contributed by atoms with van der Waals surface area (Å²) < 4.78 is 10.2. The molecule has 33 heavy (non-hydrogen) atoms. The Bertz CT molecular complexity index is 1150. The third kappa shape index (κ3) is 6.93. The smallest absolute Gasteiger partial charge is 0.414 e. The third-order valence-electron chi connectivity index (χ3n) is 4.27. The summed E-state index contributed by atoms with van der Waals surface area (Å²) >= 11 is 12.5. The normalized spacial score (nSPS) is 11.8. The van der Waals surface area contributed by atoms with Crippen molar-refractivity contribution in [3.05, 3.63) is 44.2 Å². The quantitative estimate of drug-likeness (QED) is 0.367. The van der Waals surface area contributed by atoms with E-state index < -0.39 is 17.7 Å². The van der Waals surface area contributed by atoms with E-state index in [1.165, 1.54) is 18.2 Å². The van der Waals surface area contributed by atoms with Gasteiger partial charge in [0.25, 0.3) is 11.5 Å². The van der Waals surface area contributed by atoms with Crippen LogP contribution < -0.4 is 21.0 Å². The van der Waals surface area contributed by atoms with Crippen LogP contribution in [0, 0.1) is 11.3 Å². The van der Waals surface area contributed by atoms with Crippen LogP contribution in [0.2, 0.25) is 10.0 Å². The highest BCUT2D eigenvalue weighted by molar-refractivity contribution is 6.47. The number of halogens is 2. The van der Waals surface area contributed by atoms with E-state index >= 15 is 0 Å². The number of nitrogens with one attached hydrogen (secondary N) is 3. The van der Waals surface area contributed by atoms with Gasteiger partial charge < -0.3 is 9.47 Å². The van der Waals surface area contributed by atoms with E-state index in [1.807, 2.05) is 19.2 Å². The third-order valence-corrected chi connectivity index (χ3v) is 4.83. The average molecular weight is 495 g/mol. The SMILES string of the molecule is CCOC(=O)NC(=O)C(C#N)=NNc1cc(Cl)c(Oc2cc(C(C)CC)c(=O)[nH]n2)c(Cl)c1. The molecule has 2 amide bonds. The first-order valence-electron chi connectivity index (χ1n) is 9.68. The Morgan fingerprint density at radius 3 is 2.52 bits per heavy atom. The van der Waals surface area contributed by atoms with Crippen LogP contribution in [0.3, 0.4) is 0 Å². The van der Waals surface area contributed by atoms with Crippen LogP contribution in [0.5, 0.6) is 11.6 Å². The Morgan fingerprint density at radius 1 is 1.27 bits per heavy atom. The number of ether oxygens (including phenoxy) is 2. The monoisotopic (exact) mass is 494 g/mol. The highest BCUT2D eigenvalue weighted by atomic mass is 35.5. The van der Waals surface area contributed by atoms with Gasteiger partial charge in [-0.15, -0.1) is 5.10 Å². The zero-order valence-corrected chi connectivity index (χ0v) is 19.4. The predicted octanol–water partition coefficient (Wildman–Crippen LogP) is 3.95. The summed E-state index contributed by atoms with van der Waals surface area (Å²) in [6, 6.07) is 5.83. The lowest BCUT2D eigenvalue weighted by Gasteiger charge is -2.12. The highest BCUT2D eigenvalue weighted by Crippen LogP contribution is 2.38. The standard InChI is InChI=1S/C20H20Cl2N6O5/c1-4-10(3)12-8-16(27-28-18(12)29)33-17-13(21)6-11(7-14(17)22)25-26-15(9-23)19(30)24-20(31)32-5-2/h6-8,10,25H,4-5H2,1-3H3,(H,28,29)(H,24,30,31). The molecule has 0 radical (unpaired) electrons. The van der Waals surface area contributed by atoms with Crippen LogP contribution in [0.1, 0.15) is 38.7 Å². The molecule has 0 bridgehead atoms. The Labute approximate surface area is 198 Å². The van der Waals surface area contributed by atoms with E-state index in [4.69, 9.17) is 33.2 Å². The molecule has 0 aliphatic carbocycles. The molecule has 1 aromatic carbocycles. The molecule has 0 spiro atoms. The number of amides is 2. The molecular weight excluding hydrogens is 475 g/mol. The molecule has 1 heterocycles. The second kappa shape index (κ2) is 11.8. The summed E-state index contributed by atoms with van der Waals surface area (Å²) in [5.41, 5.74) is 2.24. The maximum atomic E-state index is 12.0. The number of imide groups is 1. The number of aromatic nitrogens is 2. The van der Waals surface area contributed by atoms with Gasteiger partial charge in [-0.2, -0.15) is 10.4 Å². The summed E-state index contributed by atoms with van der Waals surface area (Å²) in [5.74, 6) is -0.899. The highest BCUT2D eigenvalue weighted by Gasteiger charge is 2.17. The fourth-order valence-electron chi connectivity index (χ4n) is 2.43. The number of anilines is 1. The molecule has 0 aliphatic rings. The number of carbonyl (C=O) groups excluding carboxylic acids is 2. The fourth-order valence-corrected chi connectivity index (χ4v) is 3.00. The molecule has 0 saturated heterocycles. The molecule has 1 aromatic heterocycles. The summed E-state index contributed by atoms with van der Waals surface area (Å²) in [6.45, 7) is 5.46. The van der Waals surface area contributed by atoms with E-state index in [2.05, 4.69) is 25.5 Å². The Morgan fingerprint density at radius 2 is 1.94 bits per heavy atom. The fraction of sp³-hybridized carbons (Fsp3) is 0.300. The minimum atomic E-state index is -1.05. The number of benzene rings is 1. The number of nitriles is 1. The van der Waals surface area contributed by atoms with Crippen molar-refractivity contribution in [1.82, 2.24) is 15.5 Å². The maximum Gasteiger partial charge on any atom is 0.414 e. The molecule has 0 aliphatic heterocycles. The molecule has 13 heteroatoms. The average Bonchev–Trinajstić information content (AvgIpc) is 2.77. The van der Waals surface area contributed by atoms with Gasteiger partial charge in [0.05, 0.1) is 22.3 Å². The number of hydrogen-bond donors (Lipinski definition) is 3. The van der Waals surface area contributed by atoms with Crippen LogP contribution >= 0.6 is 23.2 Å². The second-order valence-corrected chi connectivity index (χ2v) is 7.34. The first-order valence-corrected chi connectivity index (χ1v) is 10.4. The summed E-state index contributed by atoms with van der Waals surface area (Å²) in [6.07, 6.45) is -0.261. The van der Waals surface area contributed by atoms with Crippen molar-refractivity contribution >= 4 is 46.6 Å². The van der Waals surface area contributed by atoms with Gasteiger partial charge in [0.2, 0.25) is 11.6 Å². The zero-order chi connectivity index (χ0) is 24.5. The number of hydrazone groups is 1. The van der Waals surface area contributed by atoms with Crippen LogP contribution in [-0.4, -0.2) is 34.5 Å². The van der Waals surface area contributed by atoms with Gasteiger partial charge in [-0.25, -0.2) is 9.89 Å². The molecule has 0 saturated carbocycles. The van der Waals surface area contributed by atoms with Gasteiger partial charge in [0.15, 0.2) is 5.75 Å². The van der Waals surface area contributed by atoms with Gasteiger partial charge in [-0.1, -0.05) is 37.0 Å². The van der Waals surface area contributed by atoms with Crippen molar-refractivity contribution < 1.29 is 19.1 Å². The van der Waals surface area contributed by atoms with Crippen molar-refractivity contribution in [2.24, 2.45) is 5.10 Å². The molecule has 174 valence electrons. The van der Waals surface area contributed by atoms with Crippen LogP contribution in [0.4, 0.5) is 10.5 Å². The predicted molar refractivity (Wildman–Crippen MR) is 122 cm³/mol. The van der Waals surface area contributed by atoms with E-state index in [9.17, 15) is 14.4 Å². The van der Waals surface area contributed by atoms with Gasteiger partial charge >= 0.3 is 6.09 Å². The first kappa shape index (κ1) is 25.6. The van der Waals surface area contributed by atoms with E-state index in [0.717, 1.165) is 6.42 Å². The minimum absolute atomic E-state index is 0.00941. The number of carbonyl (C=O) groups is 2. The topological polar surface area (TPSA) is 159 Å². The van der Waals surface area contributed by atoms with Crippen LogP contribution in [0.15, 0.2) is 28.1 Å². The number of aromatic amines is 1. The first-order chi connectivity index (χ1) is 15.7. The Hall–Kier alpha value is -3.62. The van der Waals surface area contributed by atoms with Crippen molar-refractivity contribution in [2.75, 3.05) is 12.0 Å². The van der Waals surface area contributed by atoms with E-state index in [0.29, 0.717) is 5.56 Å². The number of H-pyrrole nitrogens is 1. The van der Waals surface area contributed by atoms with E-state index in [-0.39, 0.29) is 45.4 Å². The summed E-state index contributed by atoms with van der Waals surface area (Å²) in [7, 11) is 0. The van der Waals surface area contributed by atoms with Crippen LogP contribution in [-0.2, 0) is 9.53 Å². The molecular formula is C20H20Cl2N6O5. The van der Waals surface area contributed by atoms with Gasteiger partial charge in [-0.05, 0) is 31.4 Å². The van der Waals surface area contributed by atoms with Gasteiger partial charge in [0.1, 0.15) is 6.07 Å². The lowest BCUT2D eigenvalue weighted by molar-refractivity contribution is -0.114. The number of rotatable bonds is 8. The molecule has 1 atom stereocenters. The van der Waals surface area contributed by atoms with E-state index in [1.54, 1.807) is 13.0 Å². The Balaban J connectivity index is 2.21. The minimum Gasteiger partial charge on any atom is -0.450 e. The molecule has 0 fully saturated rings. The molecule has 3 N–H and O–H groups in total. The van der Waals surface area contributed by atoms with Crippen molar-refractivity contribution in [3.8, 4) is 17.7 Å². The van der Waals surface area contributed by atoms with Gasteiger partial charge in [0, 0.05) is 11.6 Å². The molecule has 1 unspecified atom stereocenters. The number of alkyl carbamates (subject to hydrolysis) is 1. The van der Waals surface area contributed by atoms with Crippen LogP contribution in [0.25, 0.3) is 0 Å². The van der Waals surface area contributed by atoms with Gasteiger partial charge in [-0.3, -0.25) is 20.3 Å². The largest absolute Gasteiger partial charge is 0.450 e. The Kier molecular flexibility index (Phi) is 9.20.